The molecule has 1 aliphatic heterocycles. The molecular formula is C20H19ClN4O4S. The molecule has 0 spiro atoms. The van der Waals surface area contributed by atoms with Crippen LogP contribution in [0, 0.1) is 0 Å². The molecule has 0 fully saturated rings. The van der Waals surface area contributed by atoms with Crippen LogP contribution < -0.4 is 14.4 Å². The molecule has 1 N–H and O–H groups in total. The van der Waals surface area contributed by atoms with Crippen LogP contribution in [0.25, 0.3) is 22.0 Å². The van der Waals surface area contributed by atoms with Gasteiger partial charge in [-0.15, -0.1) is 0 Å². The van der Waals surface area contributed by atoms with Crippen molar-refractivity contribution in [3.05, 3.63) is 41.8 Å². The van der Waals surface area contributed by atoms with Crippen LogP contribution in [0.15, 0.2) is 36.7 Å². The Balaban J connectivity index is 1.87. The molecule has 0 atom stereocenters. The van der Waals surface area contributed by atoms with Crippen molar-refractivity contribution in [3.63, 3.8) is 0 Å². The minimum Gasteiger partial charge on any atom is -0.475 e. The Kier molecular flexibility index (Phi) is 4.63. The minimum absolute atomic E-state index is 0.0502. The van der Waals surface area contributed by atoms with Gasteiger partial charge < -0.3 is 9.64 Å². The number of rotatable bonds is 3. The average Bonchev–Trinajstić information content (AvgIpc) is 2.66. The van der Waals surface area contributed by atoms with E-state index in [-0.39, 0.29) is 16.7 Å². The summed E-state index contributed by atoms with van der Waals surface area (Å²) in [6, 6.07) is 7.16. The number of aromatic nitrogens is 2. The Bertz CT molecular complexity index is 1310. The molecule has 10 heteroatoms. The van der Waals surface area contributed by atoms with Gasteiger partial charge in [-0.2, -0.15) is 0 Å². The molecule has 1 aliphatic rings. The summed E-state index contributed by atoms with van der Waals surface area (Å²) >= 11 is 6.04. The number of sulfonamides is 1. The van der Waals surface area contributed by atoms with Crippen molar-refractivity contribution < 1.29 is 17.9 Å². The van der Waals surface area contributed by atoms with Crippen LogP contribution in [-0.2, 0) is 14.8 Å². The highest BCUT2D eigenvalue weighted by atomic mass is 35.5. The van der Waals surface area contributed by atoms with Gasteiger partial charge >= 0.3 is 0 Å². The number of carbonyl (C=O) groups is 1. The van der Waals surface area contributed by atoms with Gasteiger partial charge in [0, 0.05) is 24.2 Å². The Morgan fingerprint density at radius 3 is 2.57 bits per heavy atom. The van der Waals surface area contributed by atoms with Crippen LogP contribution in [0.3, 0.4) is 0 Å². The number of pyridine rings is 2. The molecule has 3 heterocycles. The second kappa shape index (κ2) is 6.82. The normalized spacial score (nSPS) is 15.6. The molecule has 8 nitrogen and oxygen atoms in total. The minimum atomic E-state index is -3.51. The third kappa shape index (κ3) is 3.54. The molecule has 1 aromatic carbocycles. The lowest BCUT2D eigenvalue weighted by Crippen LogP contribution is -2.51. The first-order valence-electron chi connectivity index (χ1n) is 9.00. The maximum absolute atomic E-state index is 12.5. The zero-order chi connectivity index (χ0) is 21.8. The number of nitrogens with one attached hydrogen (secondary N) is 1. The number of anilines is 2. The average molecular weight is 447 g/mol. The molecule has 30 heavy (non-hydrogen) atoms. The first kappa shape index (κ1) is 20.4. The molecule has 3 aromatic rings. The van der Waals surface area contributed by atoms with E-state index in [4.69, 9.17) is 16.3 Å². The summed E-state index contributed by atoms with van der Waals surface area (Å²) in [5, 5.41) is 0.777. The summed E-state index contributed by atoms with van der Waals surface area (Å²) in [7, 11) is -1.82. The van der Waals surface area contributed by atoms with Gasteiger partial charge in [-0.25, -0.2) is 13.4 Å². The van der Waals surface area contributed by atoms with E-state index in [2.05, 4.69) is 14.7 Å². The summed E-state index contributed by atoms with van der Waals surface area (Å²) in [5.41, 5.74) is 1.88. The number of hydrogen-bond acceptors (Lipinski definition) is 6. The van der Waals surface area contributed by atoms with E-state index in [1.54, 1.807) is 39.4 Å². The van der Waals surface area contributed by atoms with Gasteiger partial charge in [0.2, 0.25) is 10.0 Å². The smallest absolute Gasteiger partial charge is 0.270 e. The van der Waals surface area contributed by atoms with Crippen molar-refractivity contribution in [1.82, 2.24) is 9.97 Å². The van der Waals surface area contributed by atoms with Gasteiger partial charge in [0.1, 0.15) is 5.69 Å². The number of carbonyl (C=O) groups excluding carboxylic acids is 1. The summed E-state index contributed by atoms with van der Waals surface area (Å²) < 4.78 is 31.6. The Hall–Kier alpha value is -2.91. The van der Waals surface area contributed by atoms with Crippen molar-refractivity contribution in [2.75, 3.05) is 22.9 Å². The Labute approximate surface area is 178 Å². The molecule has 0 radical (unpaired) electrons. The largest absolute Gasteiger partial charge is 0.475 e. The van der Waals surface area contributed by atoms with Crippen molar-refractivity contribution in [2.45, 2.75) is 19.4 Å². The lowest BCUT2D eigenvalue weighted by Gasteiger charge is -2.37. The van der Waals surface area contributed by atoms with Crippen LogP contribution in [0.2, 0.25) is 5.15 Å². The maximum Gasteiger partial charge on any atom is 0.270 e. The van der Waals surface area contributed by atoms with Gasteiger partial charge in [-0.05, 0) is 37.6 Å². The predicted molar refractivity (Wildman–Crippen MR) is 117 cm³/mol. The van der Waals surface area contributed by atoms with E-state index in [0.717, 1.165) is 17.2 Å². The Morgan fingerprint density at radius 1 is 1.13 bits per heavy atom. The number of amides is 1. The van der Waals surface area contributed by atoms with E-state index in [1.807, 2.05) is 18.2 Å². The van der Waals surface area contributed by atoms with Crippen LogP contribution in [0.1, 0.15) is 13.8 Å². The van der Waals surface area contributed by atoms with E-state index in [1.165, 1.54) is 4.90 Å². The predicted octanol–water partition coefficient (Wildman–Crippen LogP) is 3.46. The first-order chi connectivity index (χ1) is 14.0. The standard InChI is InChI=1S/C20H19ClN4O4S/c1-20(2)19(26)25(3)16-10-22-14-6-5-11(7-13(14)17(16)29-20)12-8-15(18(21)23-9-12)24-30(4,27)28/h5-10,24H,1-4H3. The maximum atomic E-state index is 12.5. The van der Waals surface area contributed by atoms with E-state index in [9.17, 15) is 13.2 Å². The fraction of sp³-hybridized carbons (Fsp3) is 0.250. The first-order valence-corrected chi connectivity index (χ1v) is 11.3. The van der Waals surface area contributed by atoms with Crippen molar-refractivity contribution in [1.29, 1.82) is 0 Å². The summed E-state index contributed by atoms with van der Waals surface area (Å²) in [6.07, 6.45) is 4.21. The zero-order valence-electron chi connectivity index (χ0n) is 16.7. The van der Waals surface area contributed by atoms with Crippen molar-refractivity contribution >= 4 is 49.8 Å². The SMILES string of the molecule is CN1C(=O)C(C)(C)Oc2c1cnc1ccc(-c3cnc(Cl)c(NS(C)(=O)=O)c3)cc21. The van der Waals surface area contributed by atoms with Gasteiger partial charge in [0.15, 0.2) is 16.5 Å². The number of likely N-dealkylation sites (N-methyl/N-ethyl adjacent to an activating group) is 1. The highest BCUT2D eigenvalue weighted by Crippen LogP contribution is 2.42. The second-order valence-corrected chi connectivity index (χ2v) is 9.72. The summed E-state index contributed by atoms with van der Waals surface area (Å²) in [6.45, 7) is 3.44. The van der Waals surface area contributed by atoms with Crippen LogP contribution >= 0.6 is 11.6 Å². The third-order valence-corrected chi connectivity index (χ3v) is 5.70. The number of nitrogens with zero attached hydrogens (tertiary/aromatic N) is 3. The topological polar surface area (TPSA) is 101 Å². The molecule has 156 valence electrons. The number of benzene rings is 1. The second-order valence-electron chi connectivity index (χ2n) is 7.62. The van der Waals surface area contributed by atoms with Crippen LogP contribution in [0.4, 0.5) is 11.4 Å². The molecule has 2 aromatic heterocycles. The molecule has 0 unspecified atom stereocenters. The number of fused-ring (bicyclic) bond motifs is 3. The van der Waals surface area contributed by atoms with Gasteiger partial charge in [0.05, 0.1) is 23.7 Å². The quantitative estimate of drug-likeness (QED) is 0.618. The van der Waals surface area contributed by atoms with Gasteiger partial charge in [-0.3, -0.25) is 14.5 Å². The third-order valence-electron chi connectivity index (χ3n) is 4.81. The molecule has 0 bridgehead atoms. The Morgan fingerprint density at radius 2 is 1.87 bits per heavy atom. The van der Waals surface area contributed by atoms with Crippen molar-refractivity contribution in [2.24, 2.45) is 0 Å². The lowest BCUT2D eigenvalue weighted by molar-refractivity contribution is -0.132. The van der Waals surface area contributed by atoms with Crippen molar-refractivity contribution in [3.8, 4) is 16.9 Å². The highest BCUT2D eigenvalue weighted by Gasteiger charge is 2.40. The van der Waals surface area contributed by atoms with E-state index in [0.29, 0.717) is 22.5 Å². The fourth-order valence-electron chi connectivity index (χ4n) is 3.37. The molecule has 0 aliphatic carbocycles. The van der Waals surface area contributed by atoms with Crippen LogP contribution in [-0.4, -0.2) is 43.2 Å². The lowest BCUT2D eigenvalue weighted by atomic mass is 10.0. The fourth-order valence-corrected chi connectivity index (χ4v) is 4.13. The monoisotopic (exact) mass is 446 g/mol. The van der Waals surface area contributed by atoms with Gasteiger partial charge in [-0.1, -0.05) is 17.7 Å². The van der Waals surface area contributed by atoms with E-state index < -0.39 is 15.6 Å². The van der Waals surface area contributed by atoms with E-state index >= 15 is 0 Å². The number of hydrogen-bond donors (Lipinski definition) is 1. The number of ether oxygens (including phenoxy) is 1. The molecule has 0 saturated carbocycles. The highest BCUT2D eigenvalue weighted by molar-refractivity contribution is 7.92. The molecule has 0 saturated heterocycles. The summed E-state index contributed by atoms with van der Waals surface area (Å²) in [5.74, 6) is 0.399. The zero-order valence-corrected chi connectivity index (χ0v) is 18.3. The van der Waals surface area contributed by atoms with Crippen LogP contribution in [0.5, 0.6) is 5.75 Å². The number of halogens is 1. The summed E-state index contributed by atoms with van der Waals surface area (Å²) in [4.78, 5) is 22.6. The van der Waals surface area contributed by atoms with Gasteiger partial charge in [0.25, 0.3) is 5.91 Å². The molecule has 4 rings (SSSR count). The molecular weight excluding hydrogens is 428 g/mol. The molecule has 1 amide bonds.